The summed E-state index contributed by atoms with van der Waals surface area (Å²) in [6, 6.07) is 12.0. The molecule has 4 nitrogen and oxygen atoms in total. The fourth-order valence-electron chi connectivity index (χ4n) is 4.45. The van der Waals surface area contributed by atoms with E-state index >= 15 is 8.78 Å². The minimum atomic E-state index is -2.87. The number of rotatable bonds is 4. The van der Waals surface area contributed by atoms with E-state index in [4.69, 9.17) is 0 Å². The molecule has 29 heavy (non-hydrogen) atoms. The van der Waals surface area contributed by atoms with Gasteiger partial charge in [0.15, 0.2) is 0 Å². The highest BCUT2D eigenvalue weighted by atomic mass is 19.3. The molecule has 0 radical (unpaired) electrons. The second kappa shape index (κ2) is 7.65. The Morgan fingerprint density at radius 1 is 1.14 bits per heavy atom. The van der Waals surface area contributed by atoms with E-state index in [0.717, 1.165) is 29.8 Å². The Labute approximate surface area is 169 Å². The zero-order valence-corrected chi connectivity index (χ0v) is 16.6. The lowest BCUT2D eigenvalue weighted by molar-refractivity contribution is -0.128. The maximum absolute atomic E-state index is 15.0. The Kier molecular flexibility index (Phi) is 5.19. The number of hydrogen-bond acceptors (Lipinski definition) is 3. The van der Waals surface area contributed by atoms with E-state index in [2.05, 4.69) is 0 Å². The molecular weight excluding hydrogens is 374 g/mol. The number of phenolic OH excluding ortho intramolecular Hbond substituents is 1. The van der Waals surface area contributed by atoms with Crippen LogP contribution in [0.25, 0.3) is 0 Å². The first kappa shape index (κ1) is 19.7. The third-order valence-electron chi connectivity index (χ3n) is 6.05. The zero-order chi connectivity index (χ0) is 20.6. The fraction of sp³-hybridized carbons (Fsp3) is 0.435. The van der Waals surface area contributed by atoms with Gasteiger partial charge in [0.05, 0.1) is 12.5 Å². The minimum absolute atomic E-state index is 0.0819. The minimum Gasteiger partial charge on any atom is -0.508 e. The number of phenols is 1. The van der Waals surface area contributed by atoms with E-state index in [1.54, 1.807) is 17.0 Å². The molecule has 0 aliphatic carbocycles. The number of likely N-dealkylation sites (tertiary alicyclic amines) is 1. The summed E-state index contributed by atoms with van der Waals surface area (Å²) < 4.78 is 30.1. The molecule has 6 heteroatoms. The van der Waals surface area contributed by atoms with Crippen LogP contribution in [-0.2, 0) is 11.3 Å². The fourth-order valence-corrected chi connectivity index (χ4v) is 4.45. The quantitative estimate of drug-likeness (QED) is 0.825. The molecule has 2 aliphatic heterocycles. The third-order valence-corrected chi connectivity index (χ3v) is 6.05. The Morgan fingerprint density at radius 2 is 1.90 bits per heavy atom. The van der Waals surface area contributed by atoms with Crippen LogP contribution in [0.4, 0.5) is 14.5 Å². The number of halogens is 2. The van der Waals surface area contributed by atoms with Crippen molar-refractivity contribution in [2.24, 2.45) is 0 Å². The van der Waals surface area contributed by atoms with Crippen molar-refractivity contribution in [3.8, 4) is 5.75 Å². The lowest BCUT2D eigenvalue weighted by Crippen LogP contribution is -2.47. The molecule has 2 saturated heterocycles. The largest absolute Gasteiger partial charge is 0.508 e. The number of aromatic hydroxyl groups is 1. The van der Waals surface area contributed by atoms with Crippen LogP contribution in [0.2, 0.25) is 0 Å². The monoisotopic (exact) mass is 400 g/mol. The van der Waals surface area contributed by atoms with E-state index in [0.29, 0.717) is 31.5 Å². The molecule has 0 aromatic heterocycles. The van der Waals surface area contributed by atoms with Gasteiger partial charge in [-0.3, -0.25) is 4.79 Å². The molecule has 0 spiro atoms. The van der Waals surface area contributed by atoms with Gasteiger partial charge in [-0.2, -0.15) is 0 Å². The van der Waals surface area contributed by atoms with E-state index in [9.17, 15) is 9.90 Å². The number of carbonyl (C=O) groups is 1. The summed E-state index contributed by atoms with van der Waals surface area (Å²) in [5.74, 6) is -3.49. The highest BCUT2D eigenvalue weighted by molar-refractivity contribution is 5.78. The molecule has 2 aliphatic rings. The number of piperidine rings is 1. The molecule has 0 saturated carbocycles. The van der Waals surface area contributed by atoms with Crippen LogP contribution in [-0.4, -0.2) is 41.5 Å². The van der Waals surface area contributed by atoms with E-state index < -0.39 is 11.8 Å². The Hall–Kier alpha value is -2.63. The molecule has 1 amide bonds. The van der Waals surface area contributed by atoms with Gasteiger partial charge in [0, 0.05) is 31.7 Å². The van der Waals surface area contributed by atoms with Gasteiger partial charge in [0.1, 0.15) is 5.75 Å². The molecule has 2 aromatic rings. The molecule has 2 fully saturated rings. The predicted molar refractivity (Wildman–Crippen MR) is 108 cm³/mol. The summed E-state index contributed by atoms with van der Waals surface area (Å²) in [5, 5.41) is 9.43. The van der Waals surface area contributed by atoms with Crippen LogP contribution in [0.3, 0.4) is 0 Å². The van der Waals surface area contributed by atoms with Crippen molar-refractivity contribution < 1.29 is 18.7 Å². The predicted octanol–water partition coefficient (Wildman–Crippen LogP) is 4.45. The van der Waals surface area contributed by atoms with Gasteiger partial charge < -0.3 is 14.9 Å². The van der Waals surface area contributed by atoms with Crippen LogP contribution in [0.15, 0.2) is 42.5 Å². The maximum atomic E-state index is 15.0. The lowest BCUT2D eigenvalue weighted by atomic mass is 9.85. The molecule has 154 valence electrons. The number of benzene rings is 2. The van der Waals surface area contributed by atoms with Gasteiger partial charge in [-0.05, 0) is 54.7 Å². The Bertz CT molecular complexity index is 898. The van der Waals surface area contributed by atoms with Gasteiger partial charge in [-0.1, -0.05) is 24.3 Å². The summed E-state index contributed by atoms with van der Waals surface area (Å²) in [7, 11) is 0. The van der Waals surface area contributed by atoms with E-state index in [1.807, 2.05) is 30.0 Å². The average Bonchev–Trinajstić information content (AvgIpc) is 3.08. The van der Waals surface area contributed by atoms with Crippen LogP contribution < -0.4 is 4.90 Å². The summed E-state index contributed by atoms with van der Waals surface area (Å²) >= 11 is 0. The second-order valence-electron chi connectivity index (χ2n) is 8.16. The second-order valence-corrected chi connectivity index (χ2v) is 8.16. The summed E-state index contributed by atoms with van der Waals surface area (Å²) in [5.41, 5.74) is 3.31. The summed E-state index contributed by atoms with van der Waals surface area (Å²) in [4.78, 5) is 15.5. The molecule has 1 atom stereocenters. The van der Waals surface area contributed by atoms with Crippen molar-refractivity contribution in [3.05, 3.63) is 59.2 Å². The van der Waals surface area contributed by atoms with E-state index in [-0.39, 0.29) is 18.2 Å². The molecule has 0 unspecified atom stereocenters. The SMILES string of the molecule is Cc1ccc(CN2CCCC2=O)cc1N1CC[C@@H](c2ccc(O)cc2)C(F)(F)C1. The number of hydrogen-bond donors (Lipinski definition) is 1. The first-order valence-electron chi connectivity index (χ1n) is 10.1. The van der Waals surface area contributed by atoms with Gasteiger partial charge in [-0.15, -0.1) is 0 Å². The highest BCUT2D eigenvalue weighted by Gasteiger charge is 2.45. The number of alkyl halides is 2. The van der Waals surface area contributed by atoms with Gasteiger partial charge >= 0.3 is 0 Å². The normalized spacial score (nSPS) is 21.6. The third kappa shape index (κ3) is 4.07. The van der Waals surface area contributed by atoms with Crippen LogP contribution in [0.1, 0.15) is 41.9 Å². The first-order chi connectivity index (χ1) is 13.8. The van der Waals surface area contributed by atoms with Gasteiger partial charge in [-0.25, -0.2) is 8.78 Å². The van der Waals surface area contributed by atoms with E-state index in [1.165, 1.54) is 12.1 Å². The van der Waals surface area contributed by atoms with Crippen LogP contribution in [0.5, 0.6) is 5.75 Å². The smallest absolute Gasteiger partial charge is 0.272 e. The molecule has 0 bridgehead atoms. The topological polar surface area (TPSA) is 43.8 Å². The summed E-state index contributed by atoms with van der Waals surface area (Å²) in [6.07, 6.45) is 1.82. The Morgan fingerprint density at radius 3 is 2.55 bits per heavy atom. The summed E-state index contributed by atoms with van der Waals surface area (Å²) in [6.45, 7) is 3.43. The molecular formula is C23H26F2N2O2. The standard InChI is InChI=1S/C23H26F2N2O2/c1-16-4-5-17(14-26-11-2-3-22(26)29)13-21(16)27-12-10-20(23(24,25)15-27)18-6-8-19(28)9-7-18/h4-9,13,20,28H,2-3,10-12,14-15H2,1H3/t20-/m0/s1. The molecule has 2 heterocycles. The van der Waals surface area contributed by atoms with Crippen molar-refractivity contribution in [2.45, 2.75) is 44.6 Å². The number of carbonyl (C=O) groups excluding carboxylic acids is 1. The highest BCUT2D eigenvalue weighted by Crippen LogP contribution is 2.42. The average molecular weight is 400 g/mol. The van der Waals surface area contributed by atoms with Crippen LogP contribution >= 0.6 is 0 Å². The van der Waals surface area contributed by atoms with Gasteiger partial charge in [0.25, 0.3) is 5.92 Å². The number of amides is 1. The first-order valence-corrected chi connectivity index (χ1v) is 10.1. The molecule has 2 aromatic carbocycles. The molecule has 4 rings (SSSR count). The lowest BCUT2D eigenvalue weighted by Gasteiger charge is -2.40. The van der Waals surface area contributed by atoms with Crippen molar-refractivity contribution in [1.82, 2.24) is 4.90 Å². The van der Waals surface area contributed by atoms with Crippen molar-refractivity contribution in [1.29, 1.82) is 0 Å². The van der Waals surface area contributed by atoms with Gasteiger partial charge in [0.2, 0.25) is 5.91 Å². The van der Waals surface area contributed by atoms with Crippen molar-refractivity contribution >= 4 is 11.6 Å². The maximum Gasteiger partial charge on any atom is 0.272 e. The number of anilines is 1. The van der Waals surface area contributed by atoms with Crippen molar-refractivity contribution in [2.75, 3.05) is 24.5 Å². The van der Waals surface area contributed by atoms with Crippen LogP contribution in [0, 0.1) is 6.92 Å². The Balaban J connectivity index is 1.52. The number of nitrogens with zero attached hydrogens (tertiary/aromatic N) is 2. The zero-order valence-electron chi connectivity index (χ0n) is 16.6. The molecule has 1 N–H and O–H groups in total. The van der Waals surface area contributed by atoms with Crippen molar-refractivity contribution in [3.63, 3.8) is 0 Å². The number of aryl methyl sites for hydroxylation is 1.